The first-order valence-electron chi connectivity index (χ1n) is 8.01. The van der Waals surface area contributed by atoms with E-state index in [1.54, 1.807) is 0 Å². The van der Waals surface area contributed by atoms with Crippen molar-refractivity contribution < 1.29 is 0 Å². The fraction of sp³-hybridized carbons (Fsp3) is 0.222. The summed E-state index contributed by atoms with van der Waals surface area (Å²) in [5.74, 6) is 0. The zero-order chi connectivity index (χ0) is 15.2. The molecule has 2 aliphatic rings. The molecular weight excluding hydrogens is 286 g/mol. The molecule has 0 unspecified atom stereocenters. The van der Waals surface area contributed by atoms with Gasteiger partial charge in [-0.3, -0.25) is 0 Å². The summed E-state index contributed by atoms with van der Waals surface area (Å²) in [7, 11) is 0. The van der Waals surface area contributed by atoms with Crippen molar-refractivity contribution in [3.05, 3.63) is 71.6 Å². The second-order valence-corrected chi connectivity index (χ2v) is 6.41. The number of hydrogen-bond acceptors (Lipinski definition) is 2. The lowest BCUT2D eigenvalue weighted by Gasteiger charge is -2.20. The Morgan fingerprint density at radius 2 is 1.13 bits per heavy atom. The maximum absolute atomic E-state index is 3.54. The van der Waals surface area contributed by atoms with E-state index in [-0.39, 0.29) is 0 Å². The van der Waals surface area contributed by atoms with Crippen LogP contribution in [0.15, 0.2) is 48.8 Å². The minimum atomic E-state index is 0.898. The minimum absolute atomic E-state index is 0.898. The second kappa shape index (κ2) is 4.84. The van der Waals surface area contributed by atoms with E-state index in [0.717, 1.165) is 37.6 Å². The molecule has 0 saturated carbocycles. The van der Waals surface area contributed by atoms with E-state index in [0.29, 0.717) is 0 Å². The van der Waals surface area contributed by atoms with Gasteiger partial charge in [-0.05, 0) is 36.4 Å². The third-order valence-electron chi connectivity index (χ3n) is 4.57. The predicted molar refractivity (Wildman–Crippen MR) is 89.3 cm³/mol. The Labute approximate surface area is 134 Å². The van der Waals surface area contributed by atoms with Gasteiger partial charge in [0.25, 0.3) is 0 Å². The summed E-state index contributed by atoms with van der Waals surface area (Å²) in [5.41, 5.74) is 7.26. The number of fused-ring (bicyclic) bond motifs is 9. The molecule has 0 atom stereocenters. The summed E-state index contributed by atoms with van der Waals surface area (Å²) < 4.78 is 0. The van der Waals surface area contributed by atoms with Crippen LogP contribution in [0.1, 0.15) is 22.8 Å². The standard InChI is InChI=1S/C18H19N5/c1-2-15-10-22-7-8-23(12-22)11-16-4-6-18(21-16)17-5-3-14(20-17)9-13(1)19-15/h1-8,19-21H,9-12H2. The van der Waals surface area contributed by atoms with Crippen molar-refractivity contribution >= 4 is 0 Å². The number of aromatic amines is 3. The molecule has 0 spiro atoms. The van der Waals surface area contributed by atoms with Crippen LogP contribution >= 0.6 is 0 Å². The SMILES string of the molecule is C1=CN2Cc3ccc([nH]3)-c3ccc([nH]3)Cc3ccc([nH]3)CN1C2. The first-order chi connectivity index (χ1) is 11.3. The zero-order valence-corrected chi connectivity index (χ0v) is 12.8. The van der Waals surface area contributed by atoms with E-state index < -0.39 is 0 Å². The molecule has 0 radical (unpaired) electrons. The third kappa shape index (κ3) is 2.34. The summed E-state index contributed by atoms with van der Waals surface area (Å²) in [6.07, 6.45) is 5.24. The van der Waals surface area contributed by atoms with Crippen LogP contribution < -0.4 is 0 Å². The minimum Gasteiger partial charge on any atom is -0.360 e. The Bertz CT molecular complexity index is 866. The van der Waals surface area contributed by atoms with Gasteiger partial charge in [0.2, 0.25) is 0 Å². The largest absolute Gasteiger partial charge is 0.360 e. The molecule has 0 aliphatic carbocycles. The number of H-pyrrole nitrogens is 3. The highest BCUT2D eigenvalue weighted by molar-refractivity contribution is 5.56. The molecule has 3 N–H and O–H groups in total. The smallest absolute Gasteiger partial charge is 0.0901 e. The van der Waals surface area contributed by atoms with Crippen LogP contribution in [-0.4, -0.2) is 31.4 Å². The molecule has 0 amide bonds. The number of hydrogen-bond donors (Lipinski definition) is 3. The Kier molecular flexibility index (Phi) is 2.67. The number of nitrogens with zero attached hydrogens (tertiary/aromatic N) is 2. The average Bonchev–Trinajstić information content (AvgIpc) is 3.28. The molecule has 5 nitrogen and oxygen atoms in total. The van der Waals surface area contributed by atoms with Crippen molar-refractivity contribution in [2.75, 3.05) is 6.67 Å². The van der Waals surface area contributed by atoms with E-state index in [1.165, 1.54) is 22.8 Å². The van der Waals surface area contributed by atoms with Gasteiger partial charge in [-0.1, -0.05) is 0 Å². The number of rotatable bonds is 0. The average molecular weight is 305 g/mol. The summed E-state index contributed by atoms with van der Waals surface area (Å²) in [6, 6.07) is 13.0. The summed E-state index contributed by atoms with van der Waals surface area (Å²) in [6.45, 7) is 2.74. The van der Waals surface area contributed by atoms with Crippen molar-refractivity contribution in [1.82, 2.24) is 24.8 Å². The number of nitrogens with one attached hydrogen (secondary N) is 3. The van der Waals surface area contributed by atoms with Gasteiger partial charge in [-0.15, -0.1) is 0 Å². The summed E-state index contributed by atoms with van der Waals surface area (Å²) >= 11 is 0. The molecule has 0 saturated heterocycles. The first-order valence-corrected chi connectivity index (χ1v) is 8.01. The second-order valence-electron chi connectivity index (χ2n) is 6.41. The van der Waals surface area contributed by atoms with Gasteiger partial charge in [0.15, 0.2) is 0 Å². The van der Waals surface area contributed by atoms with Crippen molar-refractivity contribution in [3.8, 4) is 11.4 Å². The highest BCUT2D eigenvalue weighted by Crippen LogP contribution is 2.22. The third-order valence-corrected chi connectivity index (χ3v) is 4.57. The molecular formula is C18H19N5. The first kappa shape index (κ1) is 12.7. The maximum Gasteiger partial charge on any atom is 0.0901 e. The van der Waals surface area contributed by atoms with E-state index in [2.05, 4.69) is 73.5 Å². The molecule has 8 bridgehead atoms. The van der Waals surface area contributed by atoms with Crippen LogP contribution in [0, 0.1) is 0 Å². The Morgan fingerprint density at radius 3 is 1.91 bits per heavy atom. The van der Waals surface area contributed by atoms with Crippen LogP contribution in [0.5, 0.6) is 0 Å². The van der Waals surface area contributed by atoms with E-state index in [1.807, 2.05) is 0 Å². The monoisotopic (exact) mass is 305 g/mol. The molecule has 116 valence electrons. The number of aromatic nitrogens is 3. The molecule has 23 heavy (non-hydrogen) atoms. The van der Waals surface area contributed by atoms with Gasteiger partial charge in [0.1, 0.15) is 0 Å². The fourth-order valence-corrected chi connectivity index (χ4v) is 3.44. The van der Waals surface area contributed by atoms with Gasteiger partial charge < -0.3 is 24.8 Å². The van der Waals surface area contributed by atoms with Gasteiger partial charge in [-0.2, -0.15) is 0 Å². The quantitative estimate of drug-likeness (QED) is 0.598. The highest BCUT2D eigenvalue weighted by atomic mass is 15.3. The van der Waals surface area contributed by atoms with Crippen molar-refractivity contribution in [1.29, 1.82) is 0 Å². The summed E-state index contributed by atoms with van der Waals surface area (Å²) in [4.78, 5) is 15.2. The fourth-order valence-electron chi connectivity index (χ4n) is 3.44. The van der Waals surface area contributed by atoms with E-state index in [9.17, 15) is 0 Å². The Balaban J connectivity index is 1.54. The molecule has 3 aromatic rings. The molecule has 5 heteroatoms. The van der Waals surface area contributed by atoms with Gasteiger partial charge >= 0.3 is 0 Å². The Morgan fingerprint density at radius 1 is 0.609 bits per heavy atom. The Hall–Kier alpha value is -2.82. The molecule has 5 rings (SSSR count). The zero-order valence-electron chi connectivity index (χ0n) is 12.8. The maximum atomic E-state index is 3.54. The van der Waals surface area contributed by atoms with E-state index >= 15 is 0 Å². The van der Waals surface area contributed by atoms with Crippen LogP contribution in [0.3, 0.4) is 0 Å². The molecule has 5 heterocycles. The predicted octanol–water partition coefficient (Wildman–Crippen LogP) is 2.99. The van der Waals surface area contributed by atoms with Gasteiger partial charge in [0, 0.05) is 41.6 Å². The van der Waals surface area contributed by atoms with E-state index in [4.69, 9.17) is 0 Å². The lowest BCUT2D eigenvalue weighted by atomic mass is 10.2. The van der Waals surface area contributed by atoms with Crippen LogP contribution in [0.2, 0.25) is 0 Å². The normalized spacial score (nSPS) is 16.5. The lowest BCUT2D eigenvalue weighted by molar-refractivity contribution is 0.251. The molecule has 0 aromatic carbocycles. The van der Waals surface area contributed by atoms with Crippen molar-refractivity contribution in [2.24, 2.45) is 0 Å². The summed E-state index contributed by atoms with van der Waals surface area (Å²) in [5, 5.41) is 0. The molecule has 2 aliphatic heterocycles. The topological polar surface area (TPSA) is 53.9 Å². The van der Waals surface area contributed by atoms with Crippen molar-refractivity contribution in [2.45, 2.75) is 19.5 Å². The van der Waals surface area contributed by atoms with Crippen LogP contribution in [0.4, 0.5) is 0 Å². The lowest BCUT2D eigenvalue weighted by Crippen LogP contribution is -2.24. The van der Waals surface area contributed by atoms with Gasteiger partial charge in [-0.25, -0.2) is 0 Å². The molecule has 0 fully saturated rings. The highest BCUT2D eigenvalue weighted by Gasteiger charge is 2.15. The van der Waals surface area contributed by atoms with Crippen LogP contribution in [0.25, 0.3) is 11.4 Å². The van der Waals surface area contributed by atoms with Crippen molar-refractivity contribution in [3.63, 3.8) is 0 Å². The molecule has 3 aromatic heterocycles. The van der Waals surface area contributed by atoms with Crippen LogP contribution in [-0.2, 0) is 19.5 Å². The van der Waals surface area contributed by atoms with Gasteiger partial charge in [0.05, 0.1) is 31.1 Å².